The van der Waals surface area contributed by atoms with Crippen LogP contribution in [0.2, 0.25) is 0 Å². The van der Waals surface area contributed by atoms with Gasteiger partial charge in [-0.15, -0.1) is 0 Å². The molecule has 5 nitrogen and oxygen atoms in total. The molecule has 0 bridgehead atoms. The average molecular weight is 444 g/mol. The first-order valence-electron chi connectivity index (χ1n) is 9.32. The number of benzene rings is 3. The van der Waals surface area contributed by atoms with Gasteiger partial charge >= 0.3 is 16.0 Å². The van der Waals surface area contributed by atoms with Crippen LogP contribution >= 0.6 is 0 Å². The maximum absolute atomic E-state index is 15.5. The molecule has 0 radical (unpaired) electrons. The fourth-order valence-electron chi connectivity index (χ4n) is 2.97. The lowest BCUT2D eigenvalue weighted by Crippen LogP contribution is -2.22. The van der Waals surface area contributed by atoms with Crippen molar-refractivity contribution in [3.8, 4) is 11.5 Å². The highest BCUT2D eigenvalue weighted by Gasteiger charge is 2.42. The topological polar surface area (TPSA) is 61.8 Å². The van der Waals surface area contributed by atoms with Crippen LogP contribution in [-0.2, 0) is 20.2 Å². The first kappa shape index (κ1) is 20.9. The number of hydrogen-bond acceptors (Lipinski definition) is 5. The molecule has 0 aliphatic carbocycles. The van der Waals surface area contributed by atoms with Crippen molar-refractivity contribution in [2.75, 3.05) is 6.79 Å². The summed E-state index contributed by atoms with van der Waals surface area (Å²) >= 11 is 0. The minimum Gasteiger partial charge on any atom is -0.454 e. The zero-order valence-electron chi connectivity index (χ0n) is 16.4. The molecular weight excluding hydrogens is 426 g/mol. The van der Waals surface area contributed by atoms with Crippen LogP contribution in [0, 0.1) is 6.92 Å². The average Bonchev–Trinajstić information content (AvgIpc) is 3.22. The molecule has 160 valence electrons. The van der Waals surface area contributed by atoms with Crippen molar-refractivity contribution in [2.24, 2.45) is 0 Å². The third-order valence-electron chi connectivity index (χ3n) is 4.65. The van der Waals surface area contributed by atoms with Crippen LogP contribution in [0.1, 0.15) is 16.7 Å². The molecule has 0 saturated heterocycles. The molecule has 0 amide bonds. The van der Waals surface area contributed by atoms with Crippen LogP contribution in [-0.4, -0.2) is 15.2 Å². The molecule has 0 aromatic heterocycles. The molecule has 0 unspecified atom stereocenters. The van der Waals surface area contributed by atoms with E-state index in [2.05, 4.69) is 0 Å². The van der Waals surface area contributed by atoms with Crippen molar-refractivity contribution in [1.82, 2.24) is 0 Å². The van der Waals surface area contributed by atoms with Gasteiger partial charge in [0.1, 0.15) is 4.90 Å². The second-order valence-electron chi connectivity index (χ2n) is 6.91. The number of halogens is 2. The summed E-state index contributed by atoms with van der Waals surface area (Å²) in [4.78, 5) is -0.224. The smallest absolute Gasteiger partial charge is 0.339 e. The zero-order chi connectivity index (χ0) is 22.1. The fourth-order valence-corrected chi connectivity index (χ4v) is 3.93. The SMILES string of the molecule is Cc1ccc(S(=O)(=O)O/C(=C\c2ccccc2)C(F)(F)c2ccc3c(c2)OCO3)cc1. The van der Waals surface area contributed by atoms with Gasteiger partial charge < -0.3 is 13.7 Å². The van der Waals surface area contributed by atoms with Crippen LogP contribution in [0.25, 0.3) is 6.08 Å². The van der Waals surface area contributed by atoms with Crippen LogP contribution in [0.5, 0.6) is 11.5 Å². The minimum absolute atomic E-state index is 0.0740. The molecule has 31 heavy (non-hydrogen) atoms. The van der Waals surface area contributed by atoms with E-state index >= 15 is 8.78 Å². The number of aryl methyl sites for hydroxylation is 1. The van der Waals surface area contributed by atoms with E-state index in [9.17, 15) is 8.42 Å². The molecule has 0 saturated carbocycles. The van der Waals surface area contributed by atoms with Gasteiger partial charge in [-0.2, -0.15) is 17.2 Å². The Balaban J connectivity index is 1.77. The second kappa shape index (κ2) is 8.03. The summed E-state index contributed by atoms with van der Waals surface area (Å²) in [5.41, 5.74) is 0.694. The number of hydrogen-bond donors (Lipinski definition) is 0. The van der Waals surface area contributed by atoms with E-state index in [0.717, 1.165) is 23.8 Å². The molecule has 1 heterocycles. The summed E-state index contributed by atoms with van der Waals surface area (Å²) in [6.07, 6.45) is 1.01. The van der Waals surface area contributed by atoms with Crippen molar-refractivity contribution in [3.63, 3.8) is 0 Å². The number of fused-ring (bicyclic) bond motifs is 1. The highest BCUT2D eigenvalue weighted by Crippen LogP contribution is 2.43. The van der Waals surface area contributed by atoms with Gasteiger partial charge in [-0.05, 0) is 48.9 Å². The van der Waals surface area contributed by atoms with Crippen molar-refractivity contribution >= 4 is 16.2 Å². The summed E-state index contributed by atoms with van der Waals surface area (Å²) < 4.78 is 72.0. The van der Waals surface area contributed by atoms with E-state index in [0.29, 0.717) is 11.3 Å². The van der Waals surface area contributed by atoms with Gasteiger partial charge in [0.05, 0.1) is 0 Å². The number of rotatable bonds is 6. The number of ether oxygens (including phenoxy) is 2. The molecule has 4 rings (SSSR count). The molecule has 0 spiro atoms. The van der Waals surface area contributed by atoms with E-state index in [4.69, 9.17) is 13.7 Å². The van der Waals surface area contributed by atoms with E-state index in [1.807, 2.05) is 0 Å². The Labute approximate surface area is 178 Å². The van der Waals surface area contributed by atoms with Crippen LogP contribution in [0.4, 0.5) is 8.78 Å². The molecule has 0 fully saturated rings. The van der Waals surface area contributed by atoms with Crippen molar-refractivity contribution in [3.05, 3.63) is 95.2 Å². The Morgan fingerprint density at radius 2 is 1.65 bits per heavy atom. The van der Waals surface area contributed by atoms with Gasteiger partial charge in [0, 0.05) is 5.56 Å². The van der Waals surface area contributed by atoms with Gasteiger partial charge in [-0.3, -0.25) is 0 Å². The summed E-state index contributed by atoms with van der Waals surface area (Å²) in [6.45, 7) is 1.71. The Morgan fingerprint density at radius 3 is 2.35 bits per heavy atom. The minimum atomic E-state index is -4.50. The Kier molecular flexibility index (Phi) is 5.41. The molecule has 3 aromatic rings. The van der Waals surface area contributed by atoms with Crippen LogP contribution in [0.3, 0.4) is 0 Å². The van der Waals surface area contributed by atoms with Crippen LogP contribution < -0.4 is 9.47 Å². The summed E-state index contributed by atoms with van der Waals surface area (Å²) in [5.74, 6) is -4.31. The Bertz CT molecular complexity index is 1220. The molecule has 8 heteroatoms. The third-order valence-corrected chi connectivity index (χ3v) is 5.90. The maximum atomic E-state index is 15.5. The van der Waals surface area contributed by atoms with Gasteiger partial charge in [-0.25, -0.2) is 0 Å². The zero-order valence-corrected chi connectivity index (χ0v) is 17.2. The Hall–Kier alpha value is -3.39. The monoisotopic (exact) mass is 444 g/mol. The molecule has 3 aromatic carbocycles. The summed E-state index contributed by atoms with van der Waals surface area (Å²) in [6, 6.07) is 17.5. The number of alkyl halides is 2. The lowest BCUT2D eigenvalue weighted by Gasteiger charge is -2.21. The van der Waals surface area contributed by atoms with Gasteiger partial charge in [0.25, 0.3) is 0 Å². The lowest BCUT2D eigenvalue weighted by molar-refractivity contribution is 0.00366. The number of allylic oxidation sites excluding steroid dienone is 1. The summed E-state index contributed by atoms with van der Waals surface area (Å²) in [5, 5.41) is 0. The maximum Gasteiger partial charge on any atom is 0.339 e. The van der Waals surface area contributed by atoms with E-state index in [-0.39, 0.29) is 17.4 Å². The molecule has 1 aliphatic rings. The first-order chi connectivity index (χ1) is 14.8. The quantitative estimate of drug-likeness (QED) is 0.383. The predicted molar refractivity (Wildman–Crippen MR) is 110 cm³/mol. The van der Waals surface area contributed by atoms with Gasteiger partial charge in [-0.1, -0.05) is 48.0 Å². The van der Waals surface area contributed by atoms with Crippen LogP contribution in [0.15, 0.2) is 83.5 Å². The fraction of sp³-hybridized carbons (Fsp3) is 0.130. The first-order valence-corrected chi connectivity index (χ1v) is 10.7. The van der Waals surface area contributed by atoms with Gasteiger partial charge in [0.2, 0.25) is 6.79 Å². The largest absolute Gasteiger partial charge is 0.454 e. The standard InChI is InChI=1S/C23H18F2O5S/c1-16-7-10-19(11-8-16)31(26,27)30-22(13-17-5-3-2-4-6-17)23(24,25)18-9-12-20-21(14-18)29-15-28-20/h2-14H,15H2,1H3/b22-13-. The summed E-state index contributed by atoms with van der Waals surface area (Å²) in [7, 11) is -4.50. The normalized spacial score (nSPS) is 13.8. The van der Waals surface area contributed by atoms with E-state index < -0.39 is 27.4 Å². The van der Waals surface area contributed by atoms with Gasteiger partial charge in [0.15, 0.2) is 17.3 Å². The highest BCUT2D eigenvalue weighted by molar-refractivity contribution is 7.86. The van der Waals surface area contributed by atoms with Crippen molar-refractivity contribution in [2.45, 2.75) is 17.7 Å². The van der Waals surface area contributed by atoms with E-state index in [1.165, 1.54) is 18.2 Å². The predicted octanol–water partition coefficient (Wildman–Crippen LogP) is 5.26. The molecule has 1 aliphatic heterocycles. The van der Waals surface area contributed by atoms with Crippen molar-refractivity contribution in [1.29, 1.82) is 0 Å². The Morgan fingerprint density at radius 1 is 0.968 bits per heavy atom. The third kappa shape index (κ3) is 4.39. The highest BCUT2D eigenvalue weighted by atomic mass is 32.2. The van der Waals surface area contributed by atoms with E-state index in [1.54, 1.807) is 49.4 Å². The molecular formula is C23H18F2O5S. The second-order valence-corrected chi connectivity index (χ2v) is 8.46. The van der Waals surface area contributed by atoms with Crippen molar-refractivity contribution < 1.29 is 30.9 Å². The molecule has 0 atom stereocenters. The molecule has 0 N–H and O–H groups in total. The lowest BCUT2D eigenvalue weighted by atomic mass is 10.0.